The van der Waals surface area contributed by atoms with Crippen LogP contribution in [0.25, 0.3) is 0 Å². The number of alkyl halides is 2. The van der Waals surface area contributed by atoms with Crippen LogP contribution in [0.1, 0.15) is 70.6 Å². The predicted octanol–water partition coefficient (Wildman–Crippen LogP) is 6.00. The predicted molar refractivity (Wildman–Crippen MR) is 105 cm³/mol. The van der Waals surface area contributed by atoms with Crippen molar-refractivity contribution in [2.45, 2.75) is 50.2 Å². The molecule has 0 aromatic heterocycles. The lowest BCUT2D eigenvalue weighted by molar-refractivity contribution is -0.0508. The maximum atomic E-state index is 13.1. The zero-order chi connectivity index (χ0) is 19.4. The van der Waals surface area contributed by atoms with Crippen LogP contribution >= 0.6 is 15.9 Å². The Hall–Kier alpha value is -1.95. The monoisotopic (exact) mass is 447 g/mol. The Morgan fingerprint density at radius 2 is 1.93 bits per heavy atom. The van der Waals surface area contributed by atoms with E-state index in [0.717, 1.165) is 46.0 Å². The zero-order valence-corrected chi connectivity index (χ0v) is 16.8. The van der Waals surface area contributed by atoms with E-state index in [0.29, 0.717) is 12.5 Å². The number of fused-ring (bicyclic) bond motifs is 3. The van der Waals surface area contributed by atoms with Gasteiger partial charge >= 0.3 is 6.61 Å². The number of ether oxygens (including phenoxy) is 1. The third-order valence-electron chi connectivity index (χ3n) is 6.45. The average Bonchev–Trinajstić information content (AvgIpc) is 3.14. The Morgan fingerprint density at radius 1 is 1.11 bits per heavy atom. The van der Waals surface area contributed by atoms with Crippen LogP contribution in [0.2, 0.25) is 0 Å². The van der Waals surface area contributed by atoms with Gasteiger partial charge in [0, 0.05) is 28.1 Å². The molecule has 3 aliphatic rings. The van der Waals surface area contributed by atoms with Crippen molar-refractivity contribution in [3.63, 3.8) is 0 Å². The highest BCUT2D eigenvalue weighted by Gasteiger charge is 2.47. The summed E-state index contributed by atoms with van der Waals surface area (Å²) in [6.45, 7) is -2.23. The van der Waals surface area contributed by atoms with Crippen molar-refractivity contribution in [3.8, 4) is 5.75 Å². The molecule has 2 aromatic rings. The van der Waals surface area contributed by atoms with Gasteiger partial charge in [0.2, 0.25) is 0 Å². The summed E-state index contributed by atoms with van der Waals surface area (Å²) in [5, 5.41) is 0. The highest BCUT2D eigenvalue weighted by Crippen LogP contribution is 2.54. The minimum atomic E-state index is -2.86. The molecule has 1 aliphatic carbocycles. The minimum Gasteiger partial charge on any atom is -0.435 e. The second kappa shape index (κ2) is 6.83. The molecule has 1 saturated heterocycles. The van der Waals surface area contributed by atoms with Gasteiger partial charge in [0.15, 0.2) is 0 Å². The molecule has 2 aromatic carbocycles. The van der Waals surface area contributed by atoms with Gasteiger partial charge in [0.05, 0.1) is 6.04 Å². The number of halogens is 3. The van der Waals surface area contributed by atoms with E-state index in [4.69, 9.17) is 4.74 Å². The van der Waals surface area contributed by atoms with Crippen molar-refractivity contribution in [3.05, 3.63) is 63.1 Å². The van der Waals surface area contributed by atoms with E-state index in [1.54, 1.807) is 6.07 Å². The Morgan fingerprint density at radius 3 is 2.64 bits per heavy atom. The van der Waals surface area contributed by atoms with Crippen molar-refractivity contribution in [2.75, 3.05) is 6.54 Å². The molecule has 0 radical (unpaired) electrons. The molecule has 2 fully saturated rings. The smallest absolute Gasteiger partial charge is 0.387 e. The molecule has 5 rings (SSSR count). The maximum Gasteiger partial charge on any atom is 0.387 e. The van der Waals surface area contributed by atoms with Gasteiger partial charge in [-0.1, -0.05) is 34.5 Å². The van der Waals surface area contributed by atoms with Crippen molar-refractivity contribution in [1.29, 1.82) is 0 Å². The number of amides is 1. The third kappa shape index (κ3) is 2.76. The molecule has 6 heteroatoms. The van der Waals surface area contributed by atoms with Gasteiger partial charge in [-0.25, -0.2) is 0 Å². The lowest BCUT2D eigenvalue weighted by Gasteiger charge is -2.32. The fourth-order valence-corrected chi connectivity index (χ4v) is 5.45. The van der Waals surface area contributed by atoms with Gasteiger partial charge < -0.3 is 9.64 Å². The van der Waals surface area contributed by atoms with Crippen LogP contribution in [-0.4, -0.2) is 24.0 Å². The standard InChI is InChI=1S/C22H20BrF2NO2/c23-13-7-8-15-17(11-13)20-16(9-10-26(20)21(15)27)19-14(12-3-1-4-12)5-2-6-18(19)28-22(24)25/h2,5-8,11-12,16,20,22H,1,3-4,9-10H2/t16-,20-/m1/s1. The number of hydrogen-bond acceptors (Lipinski definition) is 2. The van der Waals surface area contributed by atoms with Crippen LogP contribution in [0, 0.1) is 0 Å². The SMILES string of the molecule is O=C1c2ccc(Br)cc2[C@H]2[C@@H](c3c(OC(F)F)cccc3C3CCC3)CCN12. The van der Waals surface area contributed by atoms with E-state index in [1.165, 1.54) is 6.42 Å². The molecule has 0 unspecified atom stereocenters. The van der Waals surface area contributed by atoms with E-state index in [1.807, 2.05) is 29.2 Å². The summed E-state index contributed by atoms with van der Waals surface area (Å²) in [6, 6.07) is 11.1. The molecule has 0 spiro atoms. The van der Waals surface area contributed by atoms with E-state index in [2.05, 4.69) is 22.0 Å². The van der Waals surface area contributed by atoms with Gasteiger partial charge in [-0.2, -0.15) is 8.78 Å². The Bertz CT molecular complexity index is 944. The summed E-state index contributed by atoms with van der Waals surface area (Å²) in [7, 11) is 0. The first-order valence-corrected chi connectivity index (χ1v) is 10.5. The van der Waals surface area contributed by atoms with E-state index >= 15 is 0 Å². The molecule has 2 atom stereocenters. The lowest BCUT2D eigenvalue weighted by Crippen LogP contribution is -2.24. The molecule has 0 N–H and O–H groups in total. The number of nitrogens with zero attached hydrogens (tertiary/aromatic N) is 1. The van der Waals surface area contributed by atoms with E-state index < -0.39 is 6.61 Å². The summed E-state index contributed by atoms with van der Waals surface area (Å²) in [5.74, 6) is 0.656. The van der Waals surface area contributed by atoms with Gasteiger partial charge in [-0.3, -0.25) is 4.79 Å². The van der Waals surface area contributed by atoms with Crippen molar-refractivity contribution in [2.24, 2.45) is 0 Å². The third-order valence-corrected chi connectivity index (χ3v) is 6.95. The fourth-order valence-electron chi connectivity index (χ4n) is 5.07. The summed E-state index contributed by atoms with van der Waals surface area (Å²) < 4.78 is 32.2. The number of benzene rings is 2. The molecule has 0 bridgehead atoms. The van der Waals surface area contributed by atoms with Crippen LogP contribution in [0.15, 0.2) is 40.9 Å². The zero-order valence-electron chi connectivity index (χ0n) is 15.2. The number of hydrogen-bond donors (Lipinski definition) is 0. The number of carbonyl (C=O) groups excluding carboxylic acids is 1. The highest BCUT2D eigenvalue weighted by atomic mass is 79.9. The second-order valence-electron chi connectivity index (χ2n) is 7.84. The van der Waals surface area contributed by atoms with Crippen LogP contribution in [-0.2, 0) is 0 Å². The van der Waals surface area contributed by atoms with Gasteiger partial charge in [0.1, 0.15) is 5.75 Å². The summed E-state index contributed by atoms with van der Waals surface area (Å²) in [5.41, 5.74) is 3.69. The Balaban J connectivity index is 1.64. The first-order valence-electron chi connectivity index (χ1n) is 9.72. The number of carbonyl (C=O) groups is 1. The molecular formula is C22H20BrF2NO2. The van der Waals surface area contributed by atoms with Crippen molar-refractivity contribution < 1.29 is 18.3 Å². The van der Waals surface area contributed by atoms with Crippen molar-refractivity contribution in [1.82, 2.24) is 4.90 Å². The average molecular weight is 448 g/mol. The Labute approximate surface area is 170 Å². The molecule has 1 saturated carbocycles. The molecule has 2 aliphatic heterocycles. The second-order valence-corrected chi connectivity index (χ2v) is 8.75. The first kappa shape index (κ1) is 18.1. The largest absolute Gasteiger partial charge is 0.435 e. The van der Waals surface area contributed by atoms with Crippen molar-refractivity contribution >= 4 is 21.8 Å². The molecule has 2 heterocycles. The van der Waals surface area contributed by atoms with Crippen LogP contribution < -0.4 is 4.74 Å². The quantitative estimate of drug-likeness (QED) is 0.574. The fraction of sp³-hybridized carbons (Fsp3) is 0.409. The lowest BCUT2D eigenvalue weighted by atomic mass is 9.74. The summed E-state index contributed by atoms with van der Waals surface area (Å²) in [6.07, 6.45) is 4.07. The minimum absolute atomic E-state index is 0.0347. The summed E-state index contributed by atoms with van der Waals surface area (Å²) in [4.78, 5) is 14.8. The normalized spacial score (nSPS) is 23.7. The number of rotatable bonds is 4. The molecule has 146 valence electrons. The molecule has 28 heavy (non-hydrogen) atoms. The molecular weight excluding hydrogens is 428 g/mol. The van der Waals surface area contributed by atoms with Crippen LogP contribution in [0.4, 0.5) is 8.78 Å². The van der Waals surface area contributed by atoms with Crippen LogP contribution in [0.3, 0.4) is 0 Å². The highest BCUT2D eigenvalue weighted by molar-refractivity contribution is 9.10. The van der Waals surface area contributed by atoms with E-state index in [-0.39, 0.29) is 23.6 Å². The van der Waals surface area contributed by atoms with Gasteiger partial charge in [0.25, 0.3) is 5.91 Å². The topological polar surface area (TPSA) is 29.5 Å². The molecule has 1 amide bonds. The van der Waals surface area contributed by atoms with Gasteiger partial charge in [-0.05, 0) is 60.6 Å². The van der Waals surface area contributed by atoms with Gasteiger partial charge in [-0.15, -0.1) is 0 Å². The molecule has 3 nitrogen and oxygen atoms in total. The Kier molecular flexibility index (Phi) is 4.42. The van der Waals surface area contributed by atoms with E-state index in [9.17, 15) is 13.6 Å². The van der Waals surface area contributed by atoms with Crippen LogP contribution in [0.5, 0.6) is 5.75 Å². The summed E-state index contributed by atoms with van der Waals surface area (Å²) >= 11 is 3.51. The maximum absolute atomic E-state index is 13.1. The first-order chi connectivity index (χ1) is 13.5.